The average Bonchev–Trinajstić information content (AvgIpc) is 2.86. The molecule has 0 radical (unpaired) electrons. The van der Waals surface area contributed by atoms with Gasteiger partial charge in [0.1, 0.15) is 5.75 Å². The van der Waals surface area contributed by atoms with Crippen molar-refractivity contribution in [2.75, 3.05) is 5.32 Å². The van der Waals surface area contributed by atoms with Crippen molar-refractivity contribution >= 4 is 33.0 Å². The van der Waals surface area contributed by atoms with Gasteiger partial charge in [-0.05, 0) is 41.1 Å². The van der Waals surface area contributed by atoms with Crippen molar-refractivity contribution < 1.29 is 9.90 Å². The summed E-state index contributed by atoms with van der Waals surface area (Å²) < 4.78 is 1.18. The van der Waals surface area contributed by atoms with Gasteiger partial charge in [0.25, 0.3) is 5.91 Å². The van der Waals surface area contributed by atoms with Crippen LogP contribution in [0.1, 0.15) is 10.4 Å². The molecule has 0 unspecified atom stereocenters. The topological polar surface area (TPSA) is 62.2 Å². The minimum absolute atomic E-state index is 0.0269. The molecule has 0 spiro atoms. The zero-order valence-electron chi connectivity index (χ0n) is 9.83. The molecule has 2 heterocycles. The van der Waals surface area contributed by atoms with Gasteiger partial charge in [0.05, 0.1) is 11.8 Å². The Morgan fingerprint density at radius 1 is 1.21 bits per heavy atom. The molecule has 0 bridgehead atoms. The second-order valence-corrected chi connectivity index (χ2v) is 5.01. The minimum atomic E-state index is -0.294. The summed E-state index contributed by atoms with van der Waals surface area (Å²) in [7, 11) is 0. The molecule has 0 saturated heterocycles. The van der Waals surface area contributed by atoms with Gasteiger partial charge < -0.3 is 10.4 Å². The van der Waals surface area contributed by atoms with Crippen LogP contribution in [0.15, 0.2) is 48.1 Å². The molecular formula is C14H10N2O2S. The number of aromatic nitrogens is 1. The van der Waals surface area contributed by atoms with E-state index in [4.69, 9.17) is 0 Å². The number of rotatable bonds is 2. The third kappa shape index (κ3) is 2.41. The van der Waals surface area contributed by atoms with Crippen LogP contribution in [0.2, 0.25) is 0 Å². The van der Waals surface area contributed by atoms with Gasteiger partial charge in [-0.25, -0.2) is 0 Å². The number of fused-ring (bicyclic) bond motifs is 1. The van der Waals surface area contributed by atoms with Crippen LogP contribution in [-0.4, -0.2) is 16.0 Å². The van der Waals surface area contributed by atoms with Crippen LogP contribution < -0.4 is 5.32 Å². The first kappa shape index (κ1) is 11.7. The quantitative estimate of drug-likeness (QED) is 0.751. The summed E-state index contributed by atoms with van der Waals surface area (Å²) in [5.41, 5.74) is 1.05. The van der Waals surface area contributed by atoms with E-state index in [1.807, 2.05) is 29.6 Å². The predicted octanol–water partition coefficient (Wildman–Crippen LogP) is 3.25. The molecule has 0 fully saturated rings. The number of nitrogens with one attached hydrogen (secondary N) is 1. The highest BCUT2D eigenvalue weighted by atomic mass is 32.1. The van der Waals surface area contributed by atoms with Crippen LogP contribution in [0, 0.1) is 0 Å². The molecule has 0 aliphatic heterocycles. The standard InChI is InChI=1S/C14H10N2O2S/c17-12-6-10(7-15-8-12)14(18)16-11-1-2-13-9(5-11)3-4-19-13/h1-8,17H,(H,16,18). The molecule has 4 nitrogen and oxygen atoms in total. The maximum atomic E-state index is 12.0. The Hall–Kier alpha value is -2.40. The number of aromatic hydroxyl groups is 1. The van der Waals surface area contributed by atoms with Crippen molar-refractivity contribution in [1.29, 1.82) is 0 Å². The van der Waals surface area contributed by atoms with Gasteiger partial charge in [-0.3, -0.25) is 9.78 Å². The average molecular weight is 270 g/mol. The van der Waals surface area contributed by atoms with E-state index in [0.717, 1.165) is 11.1 Å². The fourth-order valence-electron chi connectivity index (χ4n) is 1.80. The Morgan fingerprint density at radius 2 is 2.11 bits per heavy atom. The van der Waals surface area contributed by atoms with Crippen molar-refractivity contribution in [3.8, 4) is 5.75 Å². The van der Waals surface area contributed by atoms with Gasteiger partial charge in [-0.2, -0.15) is 0 Å². The zero-order valence-corrected chi connectivity index (χ0v) is 10.6. The second kappa shape index (κ2) is 4.70. The van der Waals surface area contributed by atoms with E-state index in [0.29, 0.717) is 5.56 Å². The predicted molar refractivity (Wildman–Crippen MR) is 75.7 cm³/mol. The molecule has 3 rings (SSSR count). The highest BCUT2D eigenvalue weighted by Crippen LogP contribution is 2.24. The Bertz CT molecular complexity index is 752. The maximum absolute atomic E-state index is 12.0. The summed E-state index contributed by atoms with van der Waals surface area (Å²) >= 11 is 1.66. The van der Waals surface area contributed by atoms with E-state index >= 15 is 0 Å². The Kier molecular flexibility index (Phi) is 2.89. The Balaban J connectivity index is 1.86. The molecule has 1 amide bonds. The lowest BCUT2D eigenvalue weighted by Gasteiger charge is -2.05. The lowest BCUT2D eigenvalue weighted by molar-refractivity contribution is 0.102. The second-order valence-electron chi connectivity index (χ2n) is 4.06. The number of thiophene rings is 1. The van der Waals surface area contributed by atoms with E-state index in [1.54, 1.807) is 11.3 Å². The fourth-order valence-corrected chi connectivity index (χ4v) is 2.57. The molecule has 94 valence electrons. The van der Waals surface area contributed by atoms with E-state index in [2.05, 4.69) is 10.3 Å². The van der Waals surface area contributed by atoms with E-state index < -0.39 is 0 Å². The molecular weight excluding hydrogens is 260 g/mol. The minimum Gasteiger partial charge on any atom is -0.506 e. The molecule has 0 aliphatic rings. The summed E-state index contributed by atoms with van der Waals surface area (Å²) in [5.74, 6) is -0.320. The molecule has 3 aromatic rings. The molecule has 2 aromatic heterocycles. The SMILES string of the molecule is O=C(Nc1ccc2sccc2c1)c1cncc(O)c1. The summed E-state index contributed by atoms with van der Waals surface area (Å²) in [4.78, 5) is 15.8. The Morgan fingerprint density at radius 3 is 2.95 bits per heavy atom. The van der Waals surface area contributed by atoms with Gasteiger partial charge in [-0.15, -0.1) is 11.3 Å². The molecule has 0 atom stereocenters. The summed E-state index contributed by atoms with van der Waals surface area (Å²) in [6.07, 6.45) is 2.70. The number of amides is 1. The van der Waals surface area contributed by atoms with Gasteiger partial charge in [0, 0.05) is 16.6 Å². The van der Waals surface area contributed by atoms with Gasteiger partial charge in [0.15, 0.2) is 0 Å². The molecule has 1 aromatic carbocycles. The molecule has 19 heavy (non-hydrogen) atoms. The number of anilines is 1. The fraction of sp³-hybridized carbons (Fsp3) is 0. The van der Waals surface area contributed by atoms with Crippen LogP contribution >= 0.6 is 11.3 Å². The van der Waals surface area contributed by atoms with E-state index in [9.17, 15) is 9.90 Å². The van der Waals surface area contributed by atoms with Gasteiger partial charge in [-0.1, -0.05) is 0 Å². The van der Waals surface area contributed by atoms with Crippen molar-refractivity contribution in [3.05, 3.63) is 53.7 Å². The van der Waals surface area contributed by atoms with Crippen LogP contribution in [0.3, 0.4) is 0 Å². The number of hydrogen-bond acceptors (Lipinski definition) is 4. The zero-order chi connectivity index (χ0) is 13.2. The molecule has 2 N–H and O–H groups in total. The molecule has 0 saturated carbocycles. The van der Waals surface area contributed by atoms with Crippen molar-refractivity contribution in [2.45, 2.75) is 0 Å². The van der Waals surface area contributed by atoms with Crippen molar-refractivity contribution in [3.63, 3.8) is 0 Å². The van der Waals surface area contributed by atoms with Crippen LogP contribution in [0.5, 0.6) is 5.75 Å². The van der Waals surface area contributed by atoms with Crippen LogP contribution in [-0.2, 0) is 0 Å². The highest BCUT2D eigenvalue weighted by Gasteiger charge is 2.07. The lowest BCUT2D eigenvalue weighted by Crippen LogP contribution is -2.11. The third-order valence-electron chi connectivity index (χ3n) is 2.70. The normalized spacial score (nSPS) is 10.5. The lowest BCUT2D eigenvalue weighted by atomic mass is 10.2. The Labute approximate surface area is 113 Å². The van der Waals surface area contributed by atoms with Crippen molar-refractivity contribution in [1.82, 2.24) is 4.98 Å². The third-order valence-corrected chi connectivity index (χ3v) is 3.59. The highest BCUT2D eigenvalue weighted by molar-refractivity contribution is 7.17. The number of carbonyl (C=O) groups is 1. The first-order chi connectivity index (χ1) is 9.22. The summed E-state index contributed by atoms with van der Waals surface area (Å²) in [5, 5.41) is 15.2. The smallest absolute Gasteiger partial charge is 0.257 e. The number of nitrogens with zero attached hydrogens (tertiary/aromatic N) is 1. The maximum Gasteiger partial charge on any atom is 0.257 e. The van der Waals surface area contributed by atoms with E-state index in [1.165, 1.54) is 23.2 Å². The van der Waals surface area contributed by atoms with Crippen LogP contribution in [0.25, 0.3) is 10.1 Å². The number of pyridine rings is 1. The van der Waals surface area contributed by atoms with Gasteiger partial charge >= 0.3 is 0 Å². The number of hydrogen-bond donors (Lipinski definition) is 2. The van der Waals surface area contributed by atoms with E-state index in [-0.39, 0.29) is 11.7 Å². The summed E-state index contributed by atoms with van der Waals surface area (Å²) in [6.45, 7) is 0. The number of benzene rings is 1. The molecule has 0 aliphatic carbocycles. The largest absolute Gasteiger partial charge is 0.506 e. The molecule has 5 heteroatoms. The summed E-state index contributed by atoms with van der Waals surface area (Å²) in [6, 6.07) is 9.13. The number of carbonyl (C=O) groups excluding carboxylic acids is 1. The monoisotopic (exact) mass is 270 g/mol. The van der Waals surface area contributed by atoms with Crippen LogP contribution in [0.4, 0.5) is 5.69 Å². The first-order valence-electron chi connectivity index (χ1n) is 5.65. The van der Waals surface area contributed by atoms with Gasteiger partial charge in [0.2, 0.25) is 0 Å². The first-order valence-corrected chi connectivity index (χ1v) is 6.53. The van der Waals surface area contributed by atoms with Crippen molar-refractivity contribution in [2.24, 2.45) is 0 Å².